The van der Waals surface area contributed by atoms with Gasteiger partial charge in [0.25, 0.3) is 0 Å². The lowest BCUT2D eigenvalue weighted by Gasteiger charge is -2.41. The molecule has 5 rings (SSSR count). The van der Waals surface area contributed by atoms with Crippen LogP contribution in [0.4, 0.5) is 5.69 Å². The molecule has 184 valence electrons. The van der Waals surface area contributed by atoms with Crippen LogP contribution in [0.5, 0.6) is 17.2 Å². The molecule has 1 amide bonds. The first-order valence-electron chi connectivity index (χ1n) is 11.0. The molecule has 3 atom stereocenters. The maximum Gasteiger partial charge on any atom is 0.237 e. The van der Waals surface area contributed by atoms with Gasteiger partial charge in [-0.25, -0.2) is 5.43 Å². The Balaban J connectivity index is 1.35. The van der Waals surface area contributed by atoms with Crippen LogP contribution in [-0.4, -0.2) is 55.6 Å². The van der Waals surface area contributed by atoms with Crippen LogP contribution in [0.1, 0.15) is 5.89 Å². The first-order chi connectivity index (χ1) is 17.1. The molecule has 2 aliphatic rings. The number of amides is 1. The van der Waals surface area contributed by atoms with Crippen LogP contribution in [0.25, 0.3) is 11.4 Å². The lowest BCUT2D eigenvalue weighted by molar-refractivity contribution is -0.124. The number of hydrazine groups is 1. The highest BCUT2D eigenvalue weighted by molar-refractivity contribution is 7.99. The number of rotatable bonds is 8. The molecular formula is C23H26N6O5S. The summed E-state index contributed by atoms with van der Waals surface area (Å²) in [5.41, 5.74) is 7.38. The van der Waals surface area contributed by atoms with E-state index in [-0.39, 0.29) is 23.5 Å². The standard InChI is InChI=1S/C23H26N6O5S/c1-31-16-9-13(10-17(32-2)19(16)33-3)20-25-18(34-28-20)12-35-23-26-21-15(11-24-27-21)22(30)29(23)14-7-5-4-6-8-14/h4-10,15,21,23-24,26-27H,11-12H2,1-3H3. The minimum Gasteiger partial charge on any atom is -0.493 e. The Labute approximate surface area is 206 Å². The molecule has 35 heavy (non-hydrogen) atoms. The van der Waals surface area contributed by atoms with Crippen LogP contribution in [0, 0.1) is 5.92 Å². The molecule has 2 fully saturated rings. The van der Waals surface area contributed by atoms with Crippen molar-refractivity contribution in [3.63, 3.8) is 0 Å². The van der Waals surface area contributed by atoms with Crippen LogP contribution in [0.2, 0.25) is 0 Å². The number of hydrogen-bond acceptors (Lipinski definition) is 11. The van der Waals surface area contributed by atoms with Gasteiger partial charge in [0.1, 0.15) is 5.50 Å². The van der Waals surface area contributed by atoms with Gasteiger partial charge in [-0.2, -0.15) is 4.98 Å². The molecule has 3 heterocycles. The van der Waals surface area contributed by atoms with E-state index in [2.05, 4.69) is 26.3 Å². The molecule has 11 nitrogen and oxygen atoms in total. The zero-order valence-electron chi connectivity index (χ0n) is 19.5. The third kappa shape index (κ3) is 4.52. The number of methoxy groups -OCH3 is 3. The van der Waals surface area contributed by atoms with Crippen molar-refractivity contribution in [1.29, 1.82) is 0 Å². The molecular weight excluding hydrogens is 472 g/mol. The van der Waals surface area contributed by atoms with E-state index >= 15 is 0 Å². The number of benzene rings is 2. The molecule has 12 heteroatoms. The van der Waals surface area contributed by atoms with Crippen LogP contribution < -0.4 is 35.3 Å². The van der Waals surface area contributed by atoms with Gasteiger partial charge in [0.2, 0.25) is 23.4 Å². The van der Waals surface area contributed by atoms with E-state index in [1.165, 1.54) is 11.8 Å². The van der Waals surface area contributed by atoms with Gasteiger partial charge in [0.05, 0.1) is 39.2 Å². The number of carbonyl (C=O) groups excluding carboxylic acids is 1. The number of hydrogen-bond donors (Lipinski definition) is 3. The Bertz CT molecular complexity index is 1170. The lowest BCUT2D eigenvalue weighted by Crippen LogP contribution is -2.64. The van der Waals surface area contributed by atoms with Gasteiger partial charge in [-0.15, -0.1) is 11.8 Å². The fraction of sp³-hybridized carbons (Fsp3) is 0.348. The normalized spacial score (nSPS) is 21.6. The second-order valence-electron chi connectivity index (χ2n) is 7.91. The van der Waals surface area contributed by atoms with Gasteiger partial charge in [0.15, 0.2) is 11.5 Å². The number of carbonyl (C=O) groups is 1. The van der Waals surface area contributed by atoms with Crippen molar-refractivity contribution in [2.45, 2.75) is 17.4 Å². The Morgan fingerprint density at radius 3 is 2.54 bits per heavy atom. The monoisotopic (exact) mass is 498 g/mol. The fourth-order valence-electron chi connectivity index (χ4n) is 4.17. The van der Waals surface area contributed by atoms with Crippen LogP contribution in [-0.2, 0) is 10.5 Å². The zero-order valence-corrected chi connectivity index (χ0v) is 20.3. The van der Waals surface area contributed by atoms with Gasteiger partial charge in [-0.05, 0) is 24.3 Å². The van der Waals surface area contributed by atoms with Crippen molar-refractivity contribution in [3.8, 4) is 28.6 Å². The predicted molar refractivity (Wildman–Crippen MR) is 130 cm³/mol. The van der Waals surface area contributed by atoms with Crippen molar-refractivity contribution in [2.24, 2.45) is 5.92 Å². The van der Waals surface area contributed by atoms with Gasteiger partial charge >= 0.3 is 0 Å². The van der Waals surface area contributed by atoms with Crippen LogP contribution in [0.15, 0.2) is 47.0 Å². The number of nitrogens with one attached hydrogen (secondary N) is 3. The van der Waals surface area contributed by atoms with Gasteiger partial charge in [0, 0.05) is 17.8 Å². The molecule has 2 aliphatic heterocycles. The number of anilines is 1. The Kier molecular flexibility index (Phi) is 6.77. The summed E-state index contributed by atoms with van der Waals surface area (Å²) in [6.07, 6.45) is -0.155. The van der Waals surface area contributed by atoms with E-state index in [0.29, 0.717) is 46.8 Å². The molecule has 1 aromatic heterocycles. The fourth-order valence-corrected chi connectivity index (χ4v) is 5.21. The molecule has 2 saturated heterocycles. The van der Waals surface area contributed by atoms with Crippen molar-refractivity contribution in [2.75, 3.05) is 32.8 Å². The molecule has 0 saturated carbocycles. The zero-order chi connectivity index (χ0) is 24.4. The average molecular weight is 499 g/mol. The van der Waals surface area contributed by atoms with E-state index in [4.69, 9.17) is 18.7 Å². The molecule has 0 aliphatic carbocycles. The minimum absolute atomic E-state index is 0.0543. The average Bonchev–Trinajstić information content (AvgIpc) is 3.57. The Morgan fingerprint density at radius 2 is 1.86 bits per heavy atom. The van der Waals surface area contributed by atoms with E-state index < -0.39 is 0 Å². The first-order valence-corrected chi connectivity index (χ1v) is 12.0. The van der Waals surface area contributed by atoms with Crippen molar-refractivity contribution in [1.82, 2.24) is 26.3 Å². The SMILES string of the molecule is COc1cc(-c2noc(CSC3NC4NNCC4C(=O)N3c3ccccc3)n2)cc(OC)c1OC. The second-order valence-corrected chi connectivity index (χ2v) is 8.98. The summed E-state index contributed by atoms with van der Waals surface area (Å²) >= 11 is 1.50. The lowest BCUT2D eigenvalue weighted by atomic mass is 10.0. The summed E-state index contributed by atoms with van der Waals surface area (Å²) in [6.45, 7) is 0.568. The van der Waals surface area contributed by atoms with E-state index in [9.17, 15) is 4.79 Å². The van der Waals surface area contributed by atoms with Gasteiger partial charge in [-0.3, -0.25) is 20.4 Å². The van der Waals surface area contributed by atoms with Crippen molar-refractivity contribution >= 4 is 23.4 Å². The minimum atomic E-state index is -0.324. The molecule has 3 N–H and O–H groups in total. The largest absolute Gasteiger partial charge is 0.493 e. The molecule has 0 spiro atoms. The van der Waals surface area contributed by atoms with Crippen LogP contribution >= 0.6 is 11.8 Å². The number of ether oxygens (including phenoxy) is 3. The number of fused-ring (bicyclic) bond motifs is 1. The van der Waals surface area contributed by atoms with Gasteiger partial charge in [-0.1, -0.05) is 23.4 Å². The Morgan fingerprint density at radius 1 is 1.11 bits per heavy atom. The summed E-state index contributed by atoms with van der Waals surface area (Å²) in [7, 11) is 4.65. The molecule has 3 aromatic rings. The first kappa shape index (κ1) is 23.4. The summed E-state index contributed by atoms with van der Waals surface area (Å²) < 4.78 is 21.7. The topological polar surface area (TPSA) is 123 Å². The van der Waals surface area contributed by atoms with E-state index in [1.54, 1.807) is 38.4 Å². The summed E-state index contributed by atoms with van der Waals surface area (Å²) in [6, 6.07) is 13.2. The summed E-state index contributed by atoms with van der Waals surface area (Å²) in [5.74, 6) is 2.57. The maximum absolute atomic E-state index is 13.3. The second kappa shape index (κ2) is 10.1. The third-order valence-electron chi connectivity index (χ3n) is 5.88. The summed E-state index contributed by atoms with van der Waals surface area (Å²) in [4.78, 5) is 19.6. The predicted octanol–water partition coefficient (Wildman–Crippen LogP) is 1.97. The van der Waals surface area contributed by atoms with Crippen molar-refractivity contribution < 1.29 is 23.5 Å². The van der Waals surface area contributed by atoms with E-state index in [0.717, 1.165) is 5.69 Å². The quantitative estimate of drug-likeness (QED) is 0.422. The number of thioether (sulfide) groups is 1. The summed E-state index contributed by atoms with van der Waals surface area (Å²) in [5, 5.41) is 7.63. The Hall–Kier alpha value is -3.32. The smallest absolute Gasteiger partial charge is 0.237 e. The highest BCUT2D eigenvalue weighted by atomic mass is 32.2. The molecule has 3 unspecified atom stereocenters. The third-order valence-corrected chi connectivity index (χ3v) is 6.96. The maximum atomic E-state index is 13.3. The number of nitrogens with zero attached hydrogens (tertiary/aromatic N) is 3. The molecule has 2 aromatic carbocycles. The van der Waals surface area contributed by atoms with Crippen molar-refractivity contribution in [3.05, 3.63) is 48.4 Å². The number of aromatic nitrogens is 2. The highest BCUT2D eigenvalue weighted by Gasteiger charge is 2.44. The molecule has 0 radical (unpaired) electrons. The highest BCUT2D eigenvalue weighted by Crippen LogP contribution is 2.40. The number of para-hydroxylation sites is 1. The van der Waals surface area contributed by atoms with Gasteiger partial charge < -0.3 is 18.7 Å². The van der Waals surface area contributed by atoms with Crippen LogP contribution in [0.3, 0.4) is 0 Å². The molecule has 0 bridgehead atoms. The van der Waals surface area contributed by atoms with E-state index in [1.807, 2.05) is 30.3 Å².